The number of nitrogens with zero attached hydrogens (tertiary/aromatic N) is 4. The maximum absolute atomic E-state index is 14.3. The number of thioether (sulfide) groups is 1. The standard InChI is InChI=1S/C19H23ClN2O2S.C15H12BrClF4N2O2.C5H12NO4P/c1-2-3-4-5-6-10-13-25-19(23)24-16-14-17(20)21-22-18(16)15-11-8-7-9-12-15;1-6(2)25-14(24)7-4-8(10(18)5-9(7)17)12-11(16)13(15(19,20)21)23(3)22-12;1-11(9,10)3-2-4(6)5(7)8/h7-9,11-12,14H,2-6,10,13H2,1H3;4-6H,1-3H3;4H,2-3,6H2,1H3,(H,7,8)(H,9,10). The van der Waals surface area contributed by atoms with Crippen LogP contribution in [-0.4, -0.2) is 77.9 Å². The van der Waals surface area contributed by atoms with Gasteiger partial charge in [0.2, 0.25) is 0 Å². The van der Waals surface area contributed by atoms with Gasteiger partial charge >= 0.3 is 23.4 Å². The lowest BCUT2D eigenvalue weighted by Crippen LogP contribution is -2.30. The molecule has 0 saturated heterocycles. The minimum absolute atomic E-state index is 0.0412. The third-order valence-corrected chi connectivity index (χ3v) is 11.1. The zero-order chi connectivity index (χ0) is 46.1. The fourth-order valence-corrected chi connectivity index (χ4v) is 7.59. The van der Waals surface area contributed by atoms with E-state index in [4.69, 9.17) is 48.4 Å². The predicted molar refractivity (Wildman–Crippen MR) is 232 cm³/mol. The van der Waals surface area contributed by atoms with Gasteiger partial charge in [-0.1, -0.05) is 92.6 Å². The molecule has 4 N–H and O–H groups in total. The van der Waals surface area contributed by atoms with Crippen molar-refractivity contribution in [2.45, 2.75) is 84.0 Å². The molecular weight excluding hydrogens is 956 g/mol. The average molecular weight is 1000 g/mol. The molecule has 0 aliphatic rings. The van der Waals surface area contributed by atoms with Gasteiger partial charge in [0, 0.05) is 42.8 Å². The van der Waals surface area contributed by atoms with Crippen LogP contribution in [0.2, 0.25) is 10.2 Å². The Kier molecular flexibility index (Phi) is 22.4. The third-order valence-electron chi connectivity index (χ3n) is 7.99. The molecule has 13 nitrogen and oxygen atoms in total. The zero-order valence-corrected chi connectivity index (χ0v) is 38.7. The first-order valence-electron chi connectivity index (χ1n) is 18.7. The highest BCUT2D eigenvalue weighted by molar-refractivity contribution is 9.10. The normalized spacial score (nSPS) is 12.6. The topological polar surface area (TPSA) is 197 Å². The summed E-state index contributed by atoms with van der Waals surface area (Å²) in [7, 11) is -2.02. The Hall–Kier alpha value is -3.58. The molecule has 4 aromatic rings. The highest BCUT2D eigenvalue weighted by atomic mass is 79.9. The second kappa shape index (κ2) is 25.5. The maximum atomic E-state index is 14.3. The molecule has 2 aromatic carbocycles. The van der Waals surface area contributed by atoms with Gasteiger partial charge in [0.15, 0.2) is 24.0 Å². The number of aryl methyl sites for hydroxylation is 1. The maximum Gasteiger partial charge on any atom is 0.434 e. The van der Waals surface area contributed by atoms with E-state index in [2.05, 4.69) is 38.1 Å². The van der Waals surface area contributed by atoms with Gasteiger partial charge in [0.1, 0.15) is 23.2 Å². The fraction of sp³-hybridized carbons (Fsp3) is 0.436. The molecule has 0 spiro atoms. The van der Waals surface area contributed by atoms with Crippen LogP contribution >= 0.6 is 58.3 Å². The second-order valence-corrected chi connectivity index (χ2v) is 18.8. The Morgan fingerprint density at radius 1 is 1.02 bits per heavy atom. The van der Waals surface area contributed by atoms with E-state index in [-0.39, 0.29) is 44.9 Å². The molecule has 2 unspecified atom stereocenters. The SMILES string of the molecule is CC(C)OC(=O)c1cc(-c2nn(C)c(C(F)(F)F)c2Br)c(F)cc1Cl.CCCCCCCCSC(=O)Oc1cc(Cl)nnc1-c1ccccc1.CP(=O)(O)CCC(N)C(=O)O. The molecule has 4 rings (SSSR count). The minimum atomic E-state index is -4.69. The number of aliphatic carboxylic acids is 1. The van der Waals surface area contributed by atoms with E-state index < -0.39 is 53.6 Å². The van der Waals surface area contributed by atoms with Crippen LogP contribution in [0.3, 0.4) is 0 Å². The van der Waals surface area contributed by atoms with Crippen LogP contribution in [0, 0.1) is 5.82 Å². The molecule has 22 heteroatoms. The molecular formula is C39H47BrCl2F4N5O8PS. The van der Waals surface area contributed by atoms with Gasteiger partial charge in [-0.3, -0.25) is 14.0 Å². The largest absolute Gasteiger partial charge is 0.480 e. The molecule has 0 fully saturated rings. The number of benzene rings is 2. The van der Waals surface area contributed by atoms with E-state index in [9.17, 15) is 36.5 Å². The Bertz CT molecular complexity index is 2130. The van der Waals surface area contributed by atoms with Crippen molar-refractivity contribution >= 4 is 75.5 Å². The van der Waals surface area contributed by atoms with Crippen molar-refractivity contribution in [3.05, 3.63) is 80.3 Å². The number of alkyl halides is 3. The van der Waals surface area contributed by atoms with Crippen molar-refractivity contribution in [3.8, 4) is 28.3 Å². The minimum Gasteiger partial charge on any atom is -0.480 e. The summed E-state index contributed by atoms with van der Waals surface area (Å²) in [4.78, 5) is 43.0. The van der Waals surface area contributed by atoms with Crippen molar-refractivity contribution in [3.63, 3.8) is 0 Å². The van der Waals surface area contributed by atoms with Crippen LogP contribution in [0.15, 0.2) is 53.0 Å². The first-order valence-corrected chi connectivity index (χ1v) is 23.5. The van der Waals surface area contributed by atoms with Gasteiger partial charge in [0.05, 0.1) is 21.2 Å². The van der Waals surface area contributed by atoms with Crippen molar-refractivity contribution < 1.29 is 56.0 Å². The molecule has 2 heterocycles. The molecule has 336 valence electrons. The molecule has 0 radical (unpaired) electrons. The molecule has 0 amide bonds. The summed E-state index contributed by atoms with van der Waals surface area (Å²) in [5.41, 5.74) is 4.57. The molecule has 61 heavy (non-hydrogen) atoms. The number of ether oxygens (including phenoxy) is 2. The summed E-state index contributed by atoms with van der Waals surface area (Å²) in [6.07, 6.45) is 2.05. The molecule has 0 saturated carbocycles. The van der Waals surface area contributed by atoms with E-state index in [1.54, 1.807) is 13.8 Å². The number of nitrogens with two attached hydrogens (primary N) is 1. The number of hydrogen-bond acceptors (Lipinski definition) is 11. The highest BCUT2D eigenvalue weighted by Gasteiger charge is 2.39. The number of carboxylic acids is 1. The molecule has 0 bridgehead atoms. The number of carbonyl (C=O) groups is 3. The molecule has 2 aromatic heterocycles. The lowest BCUT2D eigenvalue weighted by Gasteiger charge is -2.11. The average Bonchev–Trinajstić information content (AvgIpc) is 3.47. The van der Waals surface area contributed by atoms with Crippen LogP contribution in [-0.2, 0) is 27.3 Å². The molecule has 0 aliphatic heterocycles. The Balaban J connectivity index is 0.000000340. The molecule has 0 aliphatic carbocycles. The number of hydrogen-bond donors (Lipinski definition) is 3. The van der Waals surface area contributed by atoms with Gasteiger partial charge in [0.25, 0.3) is 0 Å². The summed E-state index contributed by atoms with van der Waals surface area (Å²) in [5, 5.41) is 19.6. The van der Waals surface area contributed by atoms with Crippen LogP contribution < -0.4 is 10.5 Å². The van der Waals surface area contributed by atoms with Crippen molar-refractivity contribution in [2.75, 3.05) is 18.6 Å². The van der Waals surface area contributed by atoms with E-state index in [0.29, 0.717) is 16.1 Å². The van der Waals surface area contributed by atoms with Gasteiger partial charge in [-0.05, 0) is 66.5 Å². The number of carboxylic acid groups (broad SMARTS) is 1. The van der Waals surface area contributed by atoms with Gasteiger partial charge < -0.3 is 25.2 Å². The van der Waals surface area contributed by atoms with Crippen molar-refractivity contribution in [2.24, 2.45) is 12.8 Å². The number of carbonyl (C=O) groups excluding carboxylic acids is 2. The monoisotopic (exact) mass is 1000 g/mol. The van der Waals surface area contributed by atoms with Crippen LogP contribution in [0.25, 0.3) is 22.5 Å². The highest BCUT2D eigenvalue weighted by Crippen LogP contribution is 2.41. The van der Waals surface area contributed by atoms with Gasteiger partial charge in [-0.2, -0.15) is 18.3 Å². The first kappa shape index (κ1) is 53.6. The van der Waals surface area contributed by atoms with E-state index in [1.165, 1.54) is 50.2 Å². The Morgan fingerprint density at radius 3 is 2.20 bits per heavy atom. The van der Waals surface area contributed by atoms with E-state index >= 15 is 0 Å². The van der Waals surface area contributed by atoms with Crippen LogP contribution in [0.1, 0.15) is 81.8 Å². The van der Waals surface area contributed by atoms with Gasteiger partial charge in [-0.25, -0.2) is 14.0 Å². The Labute approximate surface area is 373 Å². The summed E-state index contributed by atoms with van der Waals surface area (Å²) >= 11 is 15.8. The van der Waals surface area contributed by atoms with Crippen molar-refractivity contribution in [1.29, 1.82) is 0 Å². The predicted octanol–water partition coefficient (Wildman–Crippen LogP) is 11.3. The summed E-state index contributed by atoms with van der Waals surface area (Å²) in [6.45, 7) is 6.61. The smallest absolute Gasteiger partial charge is 0.434 e. The number of esters is 1. The number of halogens is 7. The Morgan fingerprint density at radius 2 is 1.64 bits per heavy atom. The van der Waals surface area contributed by atoms with Crippen molar-refractivity contribution in [1.82, 2.24) is 20.0 Å². The van der Waals surface area contributed by atoms with E-state index in [0.717, 1.165) is 43.3 Å². The lowest BCUT2D eigenvalue weighted by atomic mass is 10.1. The summed E-state index contributed by atoms with van der Waals surface area (Å²) in [6, 6.07) is 11.8. The number of rotatable bonds is 16. The summed E-state index contributed by atoms with van der Waals surface area (Å²) < 4.78 is 74.7. The molecule has 2 atom stereocenters. The summed E-state index contributed by atoms with van der Waals surface area (Å²) in [5.74, 6) is -1.77. The van der Waals surface area contributed by atoms with Crippen LogP contribution in [0.4, 0.5) is 22.4 Å². The fourth-order valence-electron chi connectivity index (χ4n) is 5.03. The third kappa shape index (κ3) is 18.7. The lowest BCUT2D eigenvalue weighted by molar-refractivity contribution is -0.144. The van der Waals surface area contributed by atoms with Crippen LogP contribution in [0.5, 0.6) is 5.75 Å². The number of unbranched alkanes of at least 4 members (excludes halogenated alkanes) is 5. The zero-order valence-electron chi connectivity index (χ0n) is 33.8. The number of aromatic nitrogens is 4. The van der Waals surface area contributed by atoms with Gasteiger partial charge in [-0.15, -0.1) is 10.2 Å². The first-order chi connectivity index (χ1) is 28.5. The van der Waals surface area contributed by atoms with E-state index in [1.807, 2.05) is 30.3 Å². The quantitative estimate of drug-likeness (QED) is 0.0415. The second-order valence-electron chi connectivity index (χ2n) is 13.6.